The van der Waals surface area contributed by atoms with E-state index in [9.17, 15) is 4.39 Å². The quantitative estimate of drug-likeness (QED) is 0.434. The molecule has 0 nitrogen and oxygen atoms in total. The van der Waals surface area contributed by atoms with Gasteiger partial charge in [-0.15, -0.1) is 0 Å². The molecule has 0 N–H and O–H groups in total. The number of halogens is 2. The van der Waals surface area contributed by atoms with Crippen molar-refractivity contribution >= 4 is 24.0 Å². The van der Waals surface area contributed by atoms with Crippen molar-refractivity contribution in [1.82, 2.24) is 0 Å². The molecule has 0 bridgehead atoms. The van der Waals surface area contributed by atoms with Crippen molar-refractivity contribution in [2.24, 2.45) is 0 Å². The minimum Gasteiger partial charge on any atom is -0.214 e. The molecule has 0 aliphatic heterocycles. The molecule has 0 rings (SSSR count). The smallest absolute Gasteiger partial charge is 0.101 e. The molecule has 0 aromatic carbocycles. The third-order valence-corrected chi connectivity index (χ3v) is 11.8. The minimum absolute atomic E-state index is 0.551. The van der Waals surface area contributed by atoms with Gasteiger partial charge in [0.1, 0.15) is 6.33 Å². The molecular weight excluding hydrogens is 283 g/mol. The summed E-state index contributed by atoms with van der Waals surface area (Å²) >= 11 is 3.30. The Morgan fingerprint density at radius 2 is 1.38 bits per heavy atom. The second-order valence-electron chi connectivity index (χ2n) is 5.33. The van der Waals surface area contributed by atoms with Crippen LogP contribution < -0.4 is 0 Å². The highest BCUT2D eigenvalue weighted by atomic mass is 79.9. The van der Waals surface area contributed by atoms with Crippen molar-refractivity contribution in [2.45, 2.75) is 58.2 Å². The van der Waals surface area contributed by atoms with Gasteiger partial charge in [0.25, 0.3) is 0 Å². The molecule has 0 aliphatic rings. The molecule has 0 aromatic rings. The van der Waals surface area contributed by atoms with E-state index in [1.54, 1.807) is 0 Å². The Bertz CT molecular complexity index is 258. The molecule has 0 amide bonds. The number of hydrogen-bond acceptors (Lipinski definition) is 0. The van der Waals surface area contributed by atoms with Crippen LogP contribution in [0.1, 0.15) is 41.5 Å². The van der Waals surface area contributed by atoms with Crippen LogP contribution >= 0.6 is 15.9 Å². The van der Waals surface area contributed by atoms with Gasteiger partial charge in [-0.2, -0.15) is 0 Å². The van der Waals surface area contributed by atoms with Gasteiger partial charge in [0.05, 0.1) is 8.07 Å². The molecule has 0 fully saturated rings. The minimum atomic E-state index is -1.76. The van der Waals surface area contributed by atoms with E-state index in [1.807, 2.05) is 0 Å². The van der Waals surface area contributed by atoms with Gasteiger partial charge in [-0.25, -0.2) is 4.39 Å². The summed E-state index contributed by atoms with van der Waals surface area (Å²) in [4.78, 5) is 0. The summed E-state index contributed by atoms with van der Waals surface area (Å²) in [5, 5.41) is 1.01. The molecule has 0 radical (unpaired) electrons. The maximum absolute atomic E-state index is 12.7. The van der Waals surface area contributed by atoms with Crippen LogP contribution in [0.5, 0.6) is 0 Å². The molecule has 0 heterocycles. The standard InChI is InChI=1S/C13H24BrFSi/c1-9(2)16(10(3)4,11(5)6)12(7)13(14)8-15/h8-11H,7H2,1-6H3/b13-8-. The van der Waals surface area contributed by atoms with Crippen molar-refractivity contribution in [3.63, 3.8) is 0 Å². The van der Waals surface area contributed by atoms with Gasteiger partial charge < -0.3 is 0 Å². The number of allylic oxidation sites excluding steroid dienone is 2. The van der Waals surface area contributed by atoms with Gasteiger partial charge >= 0.3 is 0 Å². The van der Waals surface area contributed by atoms with Crippen LogP contribution in [0.3, 0.4) is 0 Å². The molecule has 0 aromatic heterocycles. The highest BCUT2D eigenvalue weighted by molar-refractivity contribution is 9.12. The molecule has 0 saturated heterocycles. The third kappa shape index (κ3) is 2.67. The lowest BCUT2D eigenvalue weighted by molar-refractivity contribution is 0.718. The molecule has 3 heteroatoms. The highest BCUT2D eigenvalue weighted by Crippen LogP contribution is 2.48. The summed E-state index contributed by atoms with van der Waals surface area (Å²) in [6.45, 7) is 17.6. The monoisotopic (exact) mass is 306 g/mol. The molecule has 94 valence electrons. The average Bonchev–Trinajstić information content (AvgIpc) is 2.15. The van der Waals surface area contributed by atoms with Gasteiger partial charge in [-0.1, -0.05) is 48.1 Å². The van der Waals surface area contributed by atoms with Crippen molar-refractivity contribution < 1.29 is 4.39 Å². The second-order valence-corrected chi connectivity index (χ2v) is 12.1. The summed E-state index contributed by atoms with van der Waals surface area (Å²) in [6, 6.07) is 0. The van der Waals surface area contributed by atoms with Crippen molar-refractivity contribution in [2.75, 3.05) is 0 Å². The summed E-state index contributed by atoms with van der Waals surface area (Å²) in [5.74, 6) is 0. The SMILES string of the molecule is C=C(/C(Br)=C/F)[Si](C(C)C)(C(C)C)C(C)C. The molecular formula is C13H24BrFSi. The van der Waals surface area contributed by atoms with E-state index in [0.29, 0.717) is 27.4 Å². The lowest BCUT2D eigenvalue weighted by atomic mass is 10.5. The van der Waals surface area contributed by atoms with Gasteiger partial charge in [0, 0.05) is 4.48 Å². The summed E-state index contributed by atoms with van der Waals surface area (Å²) in [7, 11) is -1.76. The van der Waals surface area contributed by atoms with Crippen LogP contribution in [0.4, 0.5) is 4.39 Å². The maximum atomic E-state index is 12.7. The molecule has 0 spiro atoms. The van der Waals surface area contributed by atoms with Gasteiger partial charge in [0.15, 0.2) is 0 Å². The lowest BCUT2D eigenvalue weighted by Crippen LogP contribution is -2.46. The first-order chi connectivity index (χ1) is 7.22. The fourth-order valence-electron chi connectivity index (χ4n) is 3.32. The lowest BCUT2D eigenvalue weighted by Gasteiger charge is -2.44. The van der Waals surface area contributed by atoms with E-state index in [1.165, 1.54) is 0 Å². The van der Waals surface area contributed by atoms with Crippen LogP contribution in [0.2, 0.25) is 16.6 Å². The Kier molecular flexibility index (Phi) is 6.19. The van der Waals surface area contributed by atoms with Crippen LogP contribution in [0, 0.1) is 0 Å². The van der Waals surface area contributed by atoms with Crippen molar-refractivity contribution in [1.29, 1.82) is 0 Å². The predicted molar refractivity (Wildman–Crippen MR) is 78.3 cm³/mol. The van der Waals surface area contributed by atoms with E-state index < -0.39 is 8.07 Å². The van der Waals surface area contributed by atoms with E-state index in [-0.39, 0.29) is 0 Å². The highest BCUT2D eigenvalue weighted by Gasteiger charge is 2.45. The Morgan fingerprint density at radius 3 is 1.56 bits per heavy atom. The van der Waals surface area contributed by atoms with Gasteiger partial charge in [-0.05, 0) is 37.7 Å². The zero-order chi connectivity index (χ0) is 13.1. The van der Waals surface area contributed by atoms with Gasteiger partial charge in [0.2, 0.25) is 0 Å². The van der Waals surface area contributed by atoms with Gasteiger partial charge in [-0.3, -0.25) is 0 Å². The topological polar surface area (TPSA) is 0 Å². The zero-order valence-corrected chi connectivity index (χ0v) is 13.9. The van der Waals surface area contributed by atoms with Crippen LogP contribution in [-0.4, -0.2) is 8.07 Å². The third-order valence-electron chi connectivity index (χ3n) is 3.77. The Labute approximate surface area is 109 Å². The fraction of sp³-hybridized carbons (Fsp3) is 0.692. The van der Waals surface area contributed by atoms with E-state index >= 15 is 0 Å². The van der Waals surface area contributed by atoms with Crippen LogP contribution in [0.25, 0.3) is 0 Å². The summed E-state index contributed by atoms with van der Waals surface area (Å²) in [6.07, 6.45) is 0.636. The second kappa shape index (κ2) is 6.15. The molecule has 0 saturated carbocycles. The molecule has 0 atom stereocenters. The van der Waals surface area contributed by atoms with E-state index in [0.717, 1.165) is 5.20 Å². The Balaban J connectivity index is 5.63. The zero-order valence-electron chi connectivity index (χ0n) is 11.3. The van der Waals surface area contributed by atoms with E-state index in [4.69, 9.17) is 0 Å². The summed E-state index contributed by atoms with van der Waals surface area (Å²) in [5.41, 5.74) is 1.69. The first-order valence-electron chi connectivity index (χ1n) is 5.88. The number of rotatable bonds is 5. The van der Waals surface area contributed by atoms with Crippen LogP contribution in [-0.2, 0) is 0 Å². The van der Waals surface area contributed by atoms with E-state index in [2.05, 4.69) is 64.1 Å². The summed E-state index contributed by atoms with van der Waals surface area (Å²) < 4.78 is 13.3. The Hall–Kier alpha value is 0.107. The Morgan fingerprint density at radius 1 is 1.06 bits per heavy atom. The molecule has 16 heavy (non-hydrogen) atoms. The van der Waals surface area contributed by atoms with Crippen molar-refractivity contribution in [3.8, 4) is 0 Å². The molecule has 0 unspecified atom stereocenters. The first kappa shape index (κ1) is 16.1. The maximum Gasteiger partial charge on any atom is 0.101 e. The largest absolute Gasteiger partial charge is 0.214 e. The predicted octanol–water partition coefficient (Wildman–Crippen LogP) is 5.97. The molecule has 0 aliphatic carbocycles. The first-order valence-corrected chi connectivity index (χ1v) is 8.90. The fourth-order valence-corrected chi connectivity index (χ4v) is 10.9. The number of hydrogen-bond donors (Lipinski definition) is 0. The van der Waals surface area contributed by atoms with Crippen LogP contribution in [0.15, 0.2) is 22.6 Å². The van der Waals surface area contributed by atoms with Crippen molar-refractivity contribution in [3.05, 3.63) is 22.6 Å². The normalized spacial score (nSPS) is 14.1. The average molecular weight is 307 g/mol.